The van der Waals surface area contributed by atoms with Crippen molar-refractivity contribution >= 4 is 16.7 Å². The van der Waals surface area contributed by atoms with Crippen LogP contribution in [-0.4, -0.2) is 22.6 Å². The second-order valence-corrected chi connectivity index (χ2v) is 4.00. The van der Waals surface area contributed by atoms with Gasteiger partial charge in [-0.3, -0.25) is 9.78 Å². The lowest BCUT2D eigenvalue weighted by Gasteiger charge is -2.11. The van der Waals surface area contributed by atoms with Gasteiger partial charge in [0.1, 0.15) is 0 Å². The smallest absolute Gasteiger partial charge is 0.312 e. The fourth-order valence-electron chi connectivity index (χ4n) is 1.94. The number of benzene rings is 1. The summed E-state index contributed by atoms with van der Waals surface area (Å²) in [4.78, 5) is 15.2. The number of rotatable bonds is 3. The summed E-state index contributed by atoms with van der Waals surface area (Å²) < 4.78 is 0. The van der Waals surface area contributed by atoms with E-state index in [9.17, 15) is 4.79 Å². The summed E-state index contributed by atoms with van der Waals surface area (Å²) >= 11 is 0. The molecule has 0 radical (unpaired) electrons. The SMILES string of the molecule is Cc1nccc2cc(C(CN)C(=O)O)ccc12. The normalized spacial score (nSPS) is 12.6. The van der Waals surface area contributed by atoms with Gasteiger partial charge in [0.25, 0.3) is 0 Å². The van der Waals surface area contributed by atoms with Gasteiger partial charge in [0.2, 0.25) is 0 Å². The van der Waals surface area contributed by atoms with Crippen molar-refractivity contribution in [2.45, 2.75) is 12.8 Å². The first-order valence-electron chi connectivity index (χ1n) is 5.41. The van der Waals surface area contributed by atoms with Crippen molar-refractivity contribution in [2.24, 2.45) is 5.73 Å². The van der Waals surface area contributed by atoms with Gasteiger partial charge in [-0.15, -0.1) is 0 Å². The Kier molecular flexibility index (Phi) is 3.06. The second kappa shape index (κ2) is 4.51. The number of nitrogens with two attached hydrogens (primary N) is 1. The van der Waals surface area contributed by atoms with E-state index in [0.717, 1.165) is 22.0 Å². The van der Waals surface area contributed by atoms with Gasteiger partial charge in [-0.1, -0.05) is 18.2 Å². The van der Waals surface area contributed by atoms with E-state index >= 15 is 0 Å². The number of carboxylic acid groups (broad SMARTS) is 1. The molecule has 0 aliphatic carbocycles. The molecule has 1 heterocycles. The van der Waals surface area contributed by atoms with Gasteiger partial charge in [0, 0.05) is 23.8 Å². The van der Waals surface area contributed by atoms with E-state index in [1.165, 1.54) is 0 Å². The summed E-state index contributed by atoms with van der Waals surface area (Å²) in [5.41, 5.74) is 7.16. The standard InChI is InChI=1S/C13H14N2O2/c1-8-11-3-2-9(12(7-14)13(16)17)6-10(11)4-5-15-8/h2-6,12H,7,14H2,1H3,(H,16,17). The molecule has 1 aromatic heterocycles. The number of fused-ring (bicyclic) bond motifs is 1. The largest absolute Gasteiger partial charge is 0.481 e. The quantitative estimate of drug-likeness (QED) is 0.840. The zero-order valence-corrected chi connectivity index (χ0v) is 9.55. The predicted molar refractivity (Wildman–Crippen MR) is 65.9 cm³/mol. The van der Waals surface area contributed by atoms with E-state index in [-0.39, 0.29) is 6.54 Å². The van der Waals surface area contributed by atoms with Crippen LogP contribution in [0.2, 0.25) is 0 Å². The number of nitrogens with zero attached hydrogens (tertiary/aromatic N) is 1. The van der Waals surface area contributed by atoms with Crippen LogP contribution in [0.25, 0.3) is 10.8 Å². The van der Waals surface area contributed by atoms with Crippen LogP contribution in [-0.2, 0) is 4.79 Å². The number of carbonyl (C=O) groups is 1. The van der Waals surface area contributed by atoms with Gasteiger partial charge >= 0.3 is 5.97 Å². The van der Waals surface area contributed by atoms with Crippen LogP contribution in [0, 0.1) is 6.92 Å². The minimum absolute atomic E-state index is 0.102. The Bertz CT molecular complexity index is 566. The Hall–Kier alpha value is -1.94. The first-order valence-corrected chi connectivity index (χ1v) is 5.41. The molecule has 88 valence electrons. The second-order valence-electron chi connectivity index (χ2n) is 4.00. The van der Waals surface area contributed by atoms with E-state index < -0.39 is 11.9 Å². The summed E-state index contributed by atoms with van der Waals surface area (Å²) in [7, 11) is 0. The molecule has 17 heavy (non-hydrogen) atoms. The van der Waals surface area contributed by atoms with Crippen LogP contribution in [0.15, 0.2) is 30.5 Å². The molecule has 0 spiro atoms. The van der Waals surface area contributed by atoms with E-state index in [1.807, 2.05) is 31.2 Å². The molecule has 0 saturated heterocycles. The molecule has 0 bridgehead atoms. The van der Waals surface area contributed by atoms with Crippen molar-refractivity contribution in [3.63, 3.8) is 0 Å². The van der Waals surface area contributed by atoms with E-state index in [1.54, 1.807) is 6.20 Å². The van der Waals surface area contributed by atoms with Crippen LogP contribution in [0.1, 0.15) is 17.2 Å². The lowest BCUT2D eigenvalue weighted by molar-refractivity contribution is -0.138. The molecule has 0 aliphatic heterocycles. The van der Waals surface area contributed by atoms with Gasteiger partial charge in [-0.05, 0) is 23.9 Å². The van der Waals surface area contributed by atoms with Crippen LogP contribution >= 0.6 is 0 Å². The molecule has 0 saturated carbocycles. The molecule has 0 aliphatic rings. The van der Waals surface area contributed by atoms with Crippen molar-refractivity contribution in [3.05, 3.63) is 41.7 Å². The van der Waals surface area contributed by atoms with Gasteiger partial charge in [0.15, 0.2) is 0 Å². The lowest BCUT2D eigenvalue weighted by Crippen LogP contribution is -2.21. The average molecular weight is 230 g/mol. The molecule has 1 unspecified atom stereocenters. The highest BCUT2D eigenvalue weighted by Crippen LogP contribution is 2.22. The molecule has 3 N–H and O–H groups in total. The van der Waals surface area contributed by atoms with E-state index in [4.69, 9.17) is 10.8 Å². The third-order valence-corrected chi connectivity index (χ3v) is 2.92. The number of aromatic nitrogens is 1. The number of aliphatic carboxylic acids is 1. The summed E-state index contributed by atoms with van der Waals surface area (Å²) in [6.07, 6.45) is 1.72. The Morgan fingerprint density at radius 2 is 2.24 bits per heavy atom. The van der Waals surface area contributed by atoms with Crippen molar-refractivity contribution in [2.75, 3.05) is 6.54 Å². The summed E-state index contributed by atoms with van der Waals surface area (Å²) in [5.74, 6) is -1.54. The molecular weight excluding hydrogens is 216 g/mol. The number of carboxylic acids is 1. The van der Waals surface area contributed by atoms with E-state index in [0.29, 0.717) is 0 Å². The van der Waals surface area contributed by atoms with Crippen LogP contribution in [0.3, 0.4) is 0 Å². The molecule has 0 amide bonds. The predicted octanol–water partition coefficient (Wildman–Crippen LogP) is 1.67. The van der Waals surface area contributed by atoms with Gasteiger partial charge in [-0.25, -0.2) is 0 Å². The molecular formula is C13H14N2O2. The minimum Gasteiger partial charge on any atom is -0.481 e. The van der Waals surface area contributed by atoms with E-state index in [2.05, 4.69) is 4.98 Å². The number of aryl methyl sites for hydroxylation is 1. The van der Waals surface area contributed by atoms with Crippen molar-refractivity contribution in [1.82, 2.24) is 4.98 Å². The average Bonchev–Trinajstić information content (AvgIpc) is 2.29. The van der Waals surface area contributed by atoms with Gasteiger partial charge in [-0.2, -0.15) is 0 Å². The third kappa shape index (κ3) is 2.12. The molecule has 2 aromatic rings. The first-order chi connectivity index (χ1) is 8.13. The van der Waals surface area contributed by atoms with Gasteiger partial charge < -0.3 is 10.8 Å². The Morgan fingerprint density at radius 1 is 1.47 bits per heavy atom. The Labute approximate surface area is 99.1 Å². The highest BCUT2D eigenvalue weighted by atomic mass is 16.4. The summed E-state index contributed by atoms with van der Waals surface area (Å²) in [6, 6.07) is 7.46. The van der Waals surface area contributed by atoms with Crippen molar-refractivity contribution < 1.29 is 9.90 Å². The Balaban J connectivity index is 2.55. The topological polar surface area (TPSA) is 76.2 Å². The lowest BCUT2D eigenvalue weighted by atomic mass is 9.96. The summed E-state index contributed by atoms with van der Waals surface area (Å²) in [6.45, 7) is 2.03. The zero-order chi connectivity index (χ0) is 12.4. The maximum atomic E-state index is 11.0. The first kappa shape index (κ1) is 11.5. The fraction of sp³-hybridized carbons (Fsp3) is 0.231. The van der Waals surface area contributed by atoms with Crippen molar-refractivity contribution in [1.29, 1.82) is 0 Å². The molecule has 1 aromatic carbocycles. The maximum Gasteiger partial charge on any atom is 0.312 e. The highest BCUT2D eigenvalue weighted by molar-refractivity contribution is 5.86. The molecule has 0 fully saturated rings. The number of pyridine rings is 1. The van der Waals surface area contributed by atoms with Crippen molar-refractivity contribution in [3.8, 4) is 0 Å². The molecule has 4 nitrogen and oxygen atoms in total. The highest BCUT2D eigenvalue weighted by Gasteiger charge is 2.18. The van der Waals surface area contributed by atoms with Crippen LogP contribution < -0.4 is 5.73 Å². The monoisotopic (exact) mass is 230 g/mol. The minimum atomic E-state index is -0.891. The maximum absolute atomic E-state index is 11.0. The summed E-state index contributed by atoms with van der Waals surface area (Å²) in [5, 5.41) is 11.1. The van der Waals surface area contributed by atoms with Crippen LogP contribution in [0.4, 0.5) is 0 Å². The van der Waals surface area contributed by atoms with Gasteiger partial charge in [0.05, 0.1) is 5.92 Å². The molecule has 4 heteroatoms. The fourth-order valence-corrected chi connectivity index (χ4v) is 1.94. The van der Waals surface area contributed by atoms with Crippen LogP contribution in [0.5, 0.6) is 0 Å². The third-order valence-electron chi connectivity index (χ3n) is 2.92. The number of hydrogen-bond acceptors (Lipinski definition) is 3. The molecule has 1 atom stereocenters. The Morgan fingerprint density at radius 3 is 2.88 bits per heavy atom. The molecule has 2 rings (SSSR count). The zero-order valence-electron chi connectivity index (χ0n) is 9.55. The number of hydrogen-bond donors (Lipinski definition) is 2.